The maximum absolute atomic E-state index is 13.8. The molecule has 4 rings (SSSR count). The molecule has 2 aromatic heterocycles. The van der Waals surface area contributed by atoms with Gasteiger partial charge in [0.25, 0.3) is 0 Å². The first kappa shape index (κ1) is 15.1. The molecule has 3 aromatic rings. The maximum atomic E-state index is 13.8. The molecule has 0 aliphatic heterocycles. The summed E-state index contributed by atoms with van der Waals surface area (Å²) >= 11 is 1.69. The first-order valence-electron chi connectivity index (χ1n) is 7.64. The summed E-state index contributed by atoms with van der Waals surface area (Å²) < 4.78 is 26.9. The predicted molar refractivity (Wildman–Crippen MR) is 91.6 cm³/mol. The van der Waals surface area contributed by atoms with Crippen molar-refractivity contribution in [3.05, 3.63) is 52.2 Å². The third-order valence-corrected chi connectivity index (χ3v) is 5.35. The molecule has 24 heavy (non-hydrogen) atoms. The molecule has 1 aromatic carbocycles. The zero-order chi connectivity index (χ0) is 16.7. The number of nitrogens with zero attached hydrogens (tertiary/aromatic N) is 3. The van der Waals surface area contributed by atoms with E-state index in [4.69, 9.17) is 0 Å². The van der Waals surface area contributed by atoms with Crippen molar-refractivity contribution in [2.24, 2.45) is 5.10 Å². The summed E-state index contributed by atoms with van der Waals surface area (Å²) in [5, 5.41) is 5.23. The minimum atomic E-state index is -0.637. The average molecular weight is 344 g/mol. The number of nitrogens with one attached hydrogen (secondary N) is 1. The largest absolute Gasteiger partial charge is 0.260 e. The lowest BCUT2D eigenvalue weighted by Crippen LogP contribution is -2.04. The van der Waals surface area contributed by atoms with Crippen molar-refractivity contribution in [3.63, 3.8) is 0 Å². The molecular formula is C17H14F2N4S. The van der Waals surface area contributed by atoms with Crippen LogP contribution in [0.15, 0.2) is 29.6 Å². The third-order valence-electron chi connectivity index (χ3n) is 4.15. The van der Waals surface area contributed by atoms with E-state index in [-0.39, 0.29) is 5.56 Å². The van der Waals surface area contributed by atoms with Crippen LogP contribution in [0.25, 0.3) is 10.2 Å². The maximum Gasteiger partial charge on any atom is 0.158 e. The molecule has 0 amide bonds. The van der Waals surface area contributed by atoms with Gasteiger partial charge in [-0.2, -0.15) is 5.10 Å². The molecule has 2 heterocycles. The Balaban J connectivity index is 1.69. The number of hydrogen-bond donors (Lipinski definition) is 1. The first-order chi connectivity index (χ1) is 11.6. The number of fused-ring (bicyclic) bond motifs is 3. The molecule has 0 saturated carbocycles. The summed E-state index contributed by atoms with van der Waals surface area (Å²) in [7, 11) is 0. The van der Waals surface area contributed by atoms with E-state index in [0.717, 1.165) is 35.5 Å². The first-order valence-corrected chi connectivity index (χ1v) is 8.46. The molecule has 0 fully saturated rings. The molecule has 1 N–H and O–H groups in total. The Morgan fingerprint density at radius 2 is 2.12 bits per heavy atom. The molecular weight excluding hydrogens is 330 g/mol. The Labute approximate surface area is 141 Å². The van der Waals surface area contributed by atoms with Crippen LogP contribution >= 0.6 is 11.3 Å². The number of thiophene rings is 1. The number of aromatic nitrogens is 2. The highest BCUT2D eigenvalue weighted by Gasteiger charge is 2.21. The monoisotopic (exact) mass is 344 g/mol. The van der Waals surface area contributed by atoms with Crippen molar-refractivity contribution < 1.29 is 8.78 Å². The van der Waals surface area contributed by atoms with Crippen LogP contribution in [0.2, 0.25) is 0 Å². The van der Waals surface area contributed by atoms with Gasteiger partial charge < -0.3 is 0 Å². The summed E-state index contributed by atoms with van der Waals surface area (Å²) in [6.07, 6.45) is 4.75. The fraction of sp³-hybridized carbons (Fsp3) is 0.235. The van der Waals surface area contributed by atoms with Gasteiger partial charge in [-0.05, 0) is 43.9 Å². The second-order valence-corrected chi connectivity index (χ2v) is 6.78. The Morgan fingerprint density at radius 3 is 2.96 bits per heavy atom. The molecule has 1 aliphatic carbocycles. The normalized spacial score (nSPS) is 14.2. The number of benzene rings is 1. The molecule has 122 valence electrons. The topological polar surface area (TPSA) is 50.2 Å². The average Bonchev–Trinajstić information content (AvgIpc) is 3.13. The highest BCUT2D eigenvalue weighted by Crippen LogP contribution is 2.38. The van der Waals surface area contributed by atoms with E-state index >= 15 is 0 Å². The van der Waals surface area contributed by atoms with Gasteiger partial charge in [-0.25, -0.2) is 18.7 Å². The molecule has 7 heteroatoms. The van der Waals surface area contributed by atoms with E-state index in [1.165, 1.54) is 28.9 Å². The molecule has 1 aliphatic rings. The Hall–Kier alpha value is -2.41. The lowest BCUT2D eigenvalue weighted by Gasteiger charge is -2.06. The highest BCUT2D eigenvalue weighted by atomic mass is 32.1. The standard InChI is InChI=1S/C17H14F2N4S/c1-9(11-6-5-10(18)7-13(11)19)22-23-16-15-12-3-2-4-14(12)24-17(15)21-8-20-16/h5-8H,2-4H2,1H3,(H,20,21,23)/b22-9-. The van der Waals surface area contributed by atoms with Crippen LogP contribution < -0.4 is 5.43 Å². The quantitative estimate of drug-likeness (QED) is 0.569. The van der Waals surface area contributed by atoms with E-state index in [9.17, 15) is 8.78 Å². The van der Waals surface area contributed by atoms with Gasteiger partial charge in [-0.3, -0.25) is 5.43 Å². The summed E-state index contributed by atoms with van der Waals surface area (Å²) in [6.45, 7) is 1.67. The van der Waals surface area contributed by atoms with Gasteiger partial charge in [-0.15, -0.1) is 11.3 Å². The summed E-state index contributed by atoms with van der Waals surface area (Å²) in [6, 6.07) is 3.44. The van der Waals surface area contributed by atoms with Crippen LogP contribution in [0.4, 0.5) is 14.6 Å². The van der Waals surface area contributed by atoms with Crippen molar-refractivity contribution in [3.8, 4) is 0 Å². The van der Waals surface area contributed by atoms with Crippen LogP contribution in [0, 0.1) is 11.6 Å². The lowest BCUT2D eigenvalue weighted by molar-refractivity contribution is 0.581. The third kappa shape index (κ3) is 2.54. The zero-order valence-electron chi connectivity index (χ0n) is 12.9. The molecule has 0 atom stereocenters. The number of aryl methyl sites for hydroxylation is 2. The number of rotatable bonds is 3. The van der Waals surface area contributed by atoms with Crippen LogP contribution in [-0.4, -0.2) is 15.7 Å². The second-order valence-electron chi connectivity index (χ2n) is 5.69. The van der Waals surface area contributed by atoms with E-state index in [0.29, 0.717) is 11.5 Å². The molecule has 0 spiro atoms. The zero-order valence-corrected chi connectivity index (χ0v) is 13.8. The number of anilines is 1. The molecule has 0 unspecified atom stereocenters. The smallest absolute Gasteiger partial charge is 0.158 e. The van der Waals surface area contributed by atoms with Gasteiger partial charge in [-0.1, -0.05) is 0 Å². The molecule has 0 bridgehead atoms. The summed E-state index contributed by atoms with van der Waals surface area (Å²) in [4.78, 5) is 10.9. The SMILES string of the molecule is C/C(=N/Nc1ncnc2sc3c(c12)CCC3)c1ccc(F)cc1F. The summed E-state index contributed by atoms with van der Waals surface area (Å²) in [5.74, 6) is -0.619. The van der Waals surface area contributed by atoms with Gasteiger partial charge in [0.1, 0.15) is 22.8 Å². The van der Waals surface area contributed by atoms with Crippen molar-refractivity contribution in [1.29, 1.82) is 0 Å². The van der Waals surface area contributed by atoms with Crippen molar-refractivity contribution in [1.82, 2.24) is 9.97 Å². The minimum Gasteiger partial charge on any atom is -0.260 e. The fourth-order valence-corrected chi connectivity index (χ4v) is 4.22. The number of hydrazone groups is 1. The molecule has 0 saturated heterocycles. The van der Waals surface area contributed by atoms with Crippen LogP contribution in [0.3, 0.4) is 0 Å². The van der Waals surface area contributed by atoms with Gasteiger partial charge in [0.05, 0.1) is 11.1 Å². The highest BCUT2D eigenvalue weighted by molar-refractivity contribution is 7.19. The minimum absolute atomic E-state index is 0.254. The molecule has 4 nitrogen and oxygen atoms in total. The van der Waals surface area contributed by atoms with Crippen LogP contribution in [0.5, 0.6) is 0 Å². The van der Waals surface area contributed by atoms with Crippen molar-refractivity contribution >= 4 is 33.1 Å². The van der Waals surface area contributed by atoms with Gasteiger partial charge >= 0.3 is 0 Å². The predicted octanol–water partition coefficient (Wildman–Crippen LogP) is 4.29. The van der Waals surface area contributed by atoms with Crippen molar-refractivity contribution in [2.75, 3.05) is 5.43 Å². The fourth-order valence-electron chi connectivity index (χ4n) is 2.99. The van der Waals surface area contributed by atoms with Gasteiger partial charge in [0, 0.05) is 16.5 Å². The second kappa shape index (κ2) is 5.90. The van der Waals surface area contributed by atoms with Crippen LogP contribution in [-0.2, 0) is 12.8 Å². The van der Waals surface area contributed by atoms with Crippen molar-refractivity contribution in [2.45, 2.75) is 26.2 Å². The van der Waals surface area contributed by atoms with E-state index in [1.807, 2.05) is 0 Å². The Morgan fingerprint density at radius 1 is 1.25 bits per heavy atom. The van der Waals surface area contributed by atoms with Gasteiger partial charge in [0.15, 0.2) is 5.82 Å². The Kier molecular flexibility index (Phi) is 3.72. The summed E-state index contributed by atoms with van der Waals surface area (Å²) in [5.41, 5.74) is 4.89. The van der Waals surface area contributed by atoms with E-state index in [2.05, 4.69) is 20.5 Å². The Bertz CT molecular complexity index is 965. The number of hydrogen-bond acceptors (Lipinski definition) is 5. The van der Waals surface area contributed by atoms with E-state index in [1.54, 1.807) is 18.3 Å². The lowest BCUT2D eigenvalue weighted by atomic mass is 10.1. The molecule has 0 radical (unpaired) electrons. The van der Waals surface area contributed by atoms with Gasteiger partial charge in [0.2, 0.25) is 0 Å². The van der Waals surface area contributed by atoms with Crippen LogP contribution in [0.1, 0.15) is 29.3 Å². The van der Waals surface area contributed by atoms with E-state index < -0.39 is 11.6 Å². The number of halogens is 2.